The van der Waals surface area contributed by atoms with Crippen LogP contribution in [0.1, 0.15) is 16.7 Å². The molecule has 0 bridgehead atoms. The molecule has 0 aliphatic rings. The first-order valence-electron chi connectivity index (χ1n) is 9.51. The summed E-state index contributed by atoms with van der Waals surface area (Å²) in [7, 11) is 0. The Balaban J connectivity index is 1.95. The molecule has 0 amide bonds. The first kappa shape index (κ1) is 18.5. The SMILES string of the molecule is O=C(Oc1ccccc1)C(=C(c1ccccc1)c1ccccc1)c1ccccc1. The number of carbonyl (C=O) groups is 1. The topological polar surface area (TPSA) is 26.3 Å². The van der Waals surface area contributed by atoms with Crippen LogP contribution >= 0.6 is 0 Å². The van der Waals surface area contributed by atoms with E-state index in [1.165, 1.54) is 0 Å². The molecule has 0 heterocycles. The fraction of sp³-hybridized carbons (Fsp3) is 0. The third-order valence-electron chi connectivity index (χ3n) is 4.60. The molecule has 4 aromatic rings. The van der Waals surface area contributed by atoms with Gasteiger partial charge in [0, 0.05) is 5.57 Å². The second kappa shape index (κ2) is 8.85. The van der Waals surface area contributed by atoms with Crippen molar-refractivity contribution in [3.05, 3.63) is 138 Å². The molecule has 0 radical (unpaired) electrons. The van der Waals surface area contributed by atoms with Crippen LogP contribution in [-0.2, 0) is 4.79 Å². The summed E-state index contributed by atoms with van der Waals surface area (Å²) in [5.74, 6) is 0.136. The minimum atomic E-state index is -0.384. The lowest BCUT2D eigenvalue weighted by molar-refractivity contribution is -0.127. The van der Waals surface area contributed by atoms with Crippen molar-refractivity contribution in [2.24, 2.45) is 0 Å². The predicted octanol–water partition coefficient (Wildman–Crippen LogP) is 6.25. The first-order valence-corrected chi connectivity index (χ1v) is 9.51. The largest absolute Gasteiger partial charge is 0.423 e. The summed E-state index contributed by atoms with van der Waals surface area (Å²) in [4.78, 5) is 13.4. The molecule has 4 aromatic carbocycles. The van der Waals surface area contributed by atoms with E-state index in [1.807, 2.05) is 109 Å². The summed E-state index contributed by atoms with van der Waals surface area (Å²) in [6.45, 7) is 0. The number of ether oxygens (including phenoxy) is 1. The third kappa shape index (κ3) is 4.33. The van der Waals surface area contributed by atoms with Crippen LogP contribution in [0.2, 0.25) is 0 Å². The average molecular weight is 376 g/mol. The average Bonchev–Trinajstić information content (AvgIpc) is 2.79. The van der Waals surface area contributed by atoms with Crippen molar-refractivity contribution in [2.75, 3.05) is 0 Å². The van der Waals surface area contributed by atoms with Gasteiger partial charge in [-0.05, 0) is 28.8 Å². The summed E-state index contributed by atoms with van der Waals surface area (Å²) in [5, 5.41) is 0. The maximum atomic E-state index is 13.4. The molecule has 2 nitrogen and oxygen atoms in total. The van der Waals surface area contributed by atoms with Crippen LogP contribution in [0.15, 0.2) is 121 Å². The van der Waals surface area contributed by atoms with Gasteiger partial charge in [-0.3, -0.25) is 0 Å². The van der Waals surface area contributed by atoms with E-state index in [9.17, 15) is 4.79 Å². The van der Waals surface area contributed by atoms with Gasteiger partial charge in [0.25, 0.3) is 0 Å². The highest BCUT2D eigenvalue weighted by atomic mass is 16.5. The lowest BCUT2D eigenvalue weighted by Gasteiger charge is -2.16. The van der Waals surface area contributed by atoms with Crippen molar-refractivity contribution in [1.29, 1.82) is 0 Å². The van der Waals surface area contributed by atoms with Crippen molar-refractivity contribution >= 4 is 17.1 Å². The van der Waals surface area contributed by atoms with Crippen LogP contribution in [0, 0.1) is 0 Å². The van der Waals surface area contributed by atoms with Crippen molar-refractivity contribution in [3.63, 3.8) is 0 Å². The Morgan fingerprint density at radius 3 is 1.31 bits per heavy atom. The molecule has 0 aliphatic heterocycles. The van der Waals surface area contributed by atoms with Gasteiger partial charge >= 0.3 is 5.97 Å². The molecule has 2 heteroatoms. The van der Waals surface area contributed by atoms with E-state index in [4.69, 9.17) is 4.74 Å². The Morgan fingerprint density at radius 1 is 0.483 bits per heavy atom. The van der Waals surface area contributed by atoms with E-state index in [2.05, 4.69) is 0 Å². The zero-order valence-electron chi connectivity index (χ0n) is 15.9. The standard InChI is InChI=1S/C27H20O2/c28-27(29-24-19-11-4-12-20-24)26(23-17-9-3-10-18-23)25(21-13-5-1-6-14-21)22-15-7-2-8-16-22/h1-20H. The van der Waals surface area contributed by atoms with Crippen molar-refractivity contribution in [1.82, 2.24) is 0 Å². The van der Waals surface area contributed by atoms with E-state index in [0.29, 0.717) is 11.3 Å². The second-order valence-electron chi connectivity index (χ2n) is 6.55. The van der Waals surface area contributed by atoms with Crippen LogP contribution < -0.4 is 4.74 Å². The predicted molar refractivity (Wildman–Crippen MR) is 117 cm³/mol. The van der Waals surface area contributed by atoms with E-state index in [0.717, 1.165) is 22.3 Å². The monoisotopic (exact) mass is 376 g/mol. The van der Waals surface area contributed by atoms with Crippen LogP contribution in [0.5, 0.6) is 5.75 Å². The Morgan fingerprint density at radius 2 is 0.862 bits per heavy atom. The molecule has 4 rings (SSSR count). The van der Waals surface area contributed by atoms with Gasteiger partial charge in [0.15, 0.2) is 0 Å². The lowest BCUT2D eigenvalue weighted by atomic mass is 9.89. The van der Waals surface area contributed by atoms with Crippen molar-refractivity contribution in [2.45, 2.75) is 0 Å². The van der Waals surface area contributed by atoms with Gasteiger partial charge in [-0.2, -0.15) is 0 Å². The fourth-order valence-corrected chi connectivity index (χ4v) is 3.28. The van der Waals surface area contributed by atoms with Crippen molar-refractivity contribution in [3.8, 4) is 5.75 Å². The molecule has 0 saturated heterocycles. The summed E-state index contributed by atoms with van der Waals surface area (Å²) < 4.78 is 5.76. The van der Waals surface area contributed by atoms with Crippen LogP contribution in [0.4, 0.5) is 0 Å². The summed E-state index contributed by atoms with van der Waals surface area (Å²) >= 11 is 0. The van der Waals surface area contributed by atoms with Gasteiger partial charge < -0.3 is 4.74 Å². The zero-order chi connectivity index (χ0) is 19.9. The van der Waals surface area contributed by atoms with Crippen LogP contribution in [0.3, 0.4) is 0 Å². The summed E-state index contributed by atoms with van der Waals surface area (Å²) in [5.41, 5.74) is 4.12. The highest BCUT2D eigenvalue weighted by Gasteiger charge is 2.22. The Labute approximate surface area is 170 Å². The quantitative estimate of drug-likeness (QED) is 0.178. The summed E-state index contributed by atoms with van der Waals surface area (Å²) in [6.07, 6.45) is 0. The van der Waals surface area contributed by atoms with E-state index in [1.54, 1.807) is 12.1 Å². The molecule has 29 heavy (non-hydrogen) atoms. The number of benzene rings is 4. The van der Waals surface area contributed by atoms with Gasteiger partial charge in [-0.1, -0.05) is 109 Å². The number of hydrogen-bond donors (Lipinski definition) is 0. The fourth-order valence-electron chi connectivity index (χ4n) is 3.28. The number of rotatable bonds is 5. The molecule has 0 unspecified atom stereocenters. The molecular formula is C27H20O2. The van der Waals surface area contributed by atoms with E-state index < -0.39 is 0 Å². The molecule has 0 aliphatic carbocycles. The lowest BCUT2D eigenvalue weighted by Crippen LogP contribution is -2.13. The maximum absolute atomic E-state index is 13.4. The van der Waals surface area contributed by atoms with Crippen LogP contribution in [-0.4, -0.2) is 5.97 Å². The van der Waals surface area contributed by atoms with Crippen molar-refractivity contribution < 1.29 is 9.53 Å². The highest BCUT2D eigenvalue weighted by molar-refractivity contribution is 6.27. The second-order valence-corrected chi connectivity index (χ2v) is 6.55. The number of hydrogen-bond acceptors (Lipinski definition) is 2. The number of para-hydroxylation sites is 1. The first-order chi connectivity index (χ1) is 14.3. The maximum Gasteiger partial charge on any atom is 0.344 e. The molecule has 0 N–H and O–H groups in total. The van der Waals surface area contributed by atoms with Gasteiger partial charge in [0.05, 0.1) is 5.57 Å². The van der Waals surface area contributed by atoms with Gasteiger partial charge in [-0.25, -0.2) is 4.79 Å². The minimum Gasteiger partial charge on any atom is -0.423 e. The van der Waals surface area contributed by atoms with E-state index >= 15 is 0 Å². The molecule has 0 spiro atoms. The zero-order valence-corrected chi connectivity index (χ0v) is 15.9. The van der Waals surface area contributed by atoms with Gasteiger partial charge in [-0.15, -0.1) is 0 Å². The molecular weight excluding hydrogens is 356 g/mol. The Kier molecular flexibility index (Phi) is 5.63. The minimum absolute atomic E-state index is 0.384. The number of esters is 1. The molecule has 0 atom stereocenters. The molecule has 0 aromatic heterocycles. The van der Waals surface area contributed by atoms with Gasteiger partial charge in [0.1, 0.15) is 5.75 Å². The van der Waals surface area contributed by atoms with Gasteiger partial charge in [0.2, 0.25) is 0 Å². The Hall–Kier alpha value is -3.91. The third-order valence-corrected chi connectivity index (χ3v) is 4.60. The molecule has 140 valence electrons. The Bertz CT molecular complexity index is 1060. The van der Waals surface area contributed by atoms with Crippen LogP contribution in [0.25, 0.3) is 11.1 Å². The normalized spacial score (nSPS) is 10.2. The molecule has 0 saturated carbocycles. The smallest absolute Gasteiger partial charge is 0.344 e. The van der Waals surface area contributed by atoms with E-state index in [-0.39, 0.29) is 5.97 Å². The highest BCUT2D eigenvalue weighted by Crippen LogP contribution is 2.33. The summed E-state index contributed by atoms with van der Waals surface area (Å²) in [6, 6.07) is 38.7. The molecule has 0 fully saturated rings. The number of carbonyl (C=O) groups excluding carboxylic acids is 1.